The zero-order valence-corrected chi connectivity index (χ0v) is 14.1. The number of carbonyl (C=O) groups excluding carboxylic acids is 1. The van der Waals surface area contributed by atoms with Crippen LogP contribution in [0.3, 0.4) is 0 Å². The Morgan fingerprint density at radius 2 is 2.00 bits per heavy atom. The molecule has 7 heteroatoms. The molecule has 0 aromatic heterocycles. The summed E-state index contributed by atoms with van der Waals surface area (Å²) in [6.45, 7) is 3.55. The van der Waals surface area contributed by atoms with Crippen molar-refractivity contribution in [3.8, 4) is 0 Å². The van der Waals surface area contributed by atoms with Gasteiger partial charge >= 0.3 is 5.97 Å². The van der Waals surface area contributed by atoms with Gasteiger partial charge in [-0.05, 0) is 38.5 Å². The van der Waals surface area contributed by atoms with E-state index < -0.39 is 5.97 Å². The second kappa shape index (κ2) is 8.51. The first-order valence-corrected chi connectivity index (χ1v) is 8.07. The Morgan fingerprint density at radius 1 is 1.33 bits per heavy atom. The van der Waals surface area contributed by atoms with E-state index in [0.29, 0.717) is 16.5 Å². The molecule has 0 spiro atoms. The van der Waals surface area contributed by atoms with E-state index in [2.05, 4.69) is 5.32 Å². The predicted molar refractivity (Wildman–Crippen MR) is 86.3 cm³/mol. The molecule has 2 unspecified atom stereocenters. The van der Waals surface area contributed by atoms with Crippen LogP contribution < -0.4 is 5.32 Å². The molecule has 1 aromatic rings. The van der Waals surface area contributed by atoms with Gasteiger partial charge in [0.05, 0.1) is 10.3 Å². The van der Waals surface area contributed by atoms with Crippen LogP contribution in [0.1, 0.15) is 26.7 Å². The van der Waals surface area contributed by atoms with Crippen LogP contribution in [-0.4, -0.2) is 28.3 Å². The number of amides is 1. The van der Waals surface area contributed by atoms with Crippen molar-refractivity contribution >= 4 is 46.8 Å². The highest BCUT2D eigenvalue weighted by molar-refractivity contribution is 8.00. The number of thioether (sulfide) groups is 1. The maximum atomic E-state index is 12.0. The van der Waals surface area contributed by atoms with Crippen LogP contribution in [0.15, 0.2) is 23.1 Å². The second-order valence-corrected chi connectivity index (χ2v) is 6.90. The number of halogens is 2. The minimum Gasteiger partial charge on any atom is -0.481 e. The van der Waals surface area contributed by atoms with E-state index in [-0.39, 0.29) is 23.6 Å². The summed E-state index contributed by atoms with van der Waals surface area (Å²) < 4.78 is 0. The summed E-state index contributed by atoms with van der Waals surface area (Å²) in [6.07, 6.45) is 0.430. The molecule has 0 bridgehead atoms. The number of carboxylic acid groups (broad SMARTS) is 1. The van der Waals surface area contributed by atoms with E-state index in [0.717, 1.165) is 4.90 Å². The molecule has 2 atom stereocenters. The van der Waals surface area contributed by atoms with E-state index in [1.54, 1.807) is 32.0 Å². The molecule has 0 fully saturated rings. The summed E-state index contributed by atoms with van der Waals surface area (Å²) in [5.74, 6) is -1.03. The summed E-state index contributed by atoms with van der Waals surface area (Å²) >= 11 is 13.3. The van der Waals surface area contributed by atoms with E-state index >= 15 is 0 Å². The number of nitrogens with one attached hydrogen (secondary N) is 1. The topological polar surface area (TPSA) is 66.4 Å². The van der Waals surface area contributed by atoms with Crippen molar-refractivity contribution in [2.45, 2.75) is 42.9 Å². The first-order chi connectivity index (χ1) is 9.79. The molecule has 2 N–H and O–H groups in total. The number of aliphatic carboxylic acids is 1. The molecule has 0 saturated carbocycles. The molecule has 1 amide bonds. The number of carbonyl (C=O) groups is 2. The Bertz CT molecular complexity index is 525. The van der Waals surface area contributed by atoms with Crippen molar-refractivity contribution in [2.75, 3.05) is 0 Å². The highest BCUT2D eigenvalue weighted by Gasteiger charge is 2.18. The van der Waals surface area contributed by atoms with E-state index in [9.17, 15) is 9.59 Å². The normalized spacial score (nSPS) is 13.5. The molecular weight excluding hydrogens is 333 g/mol. The second-order valence-electron chi connectivity index (χ2n) is 4.68. The van der Waals surface area contributed by atoms with E-state index in [1.165, 1.54) is 11.8 Å². The minimum atomic E-state index is -0.871. The van der Waals surface area contributed by atoms with Gasteiger partial charge in [-0.2, -0.15) is 0 Å². The number of carboxylic acids is 1. The summed E-state index contributed by atoms with van der Waals surface area (Å²) in [5.41, 5.74) is 0. The van der Waals surface area contributed by atoms with Gasteiger partial charge in [-0.25, -0.2) is 0 Å². The fourth-order valence-corrected chi connectivity index (χ4v) is 3.00. The average Bonchev–Trinajstić information content (AvgIpc) is 2.40. The third kappa shape index (κ3) is 6.59. The van der Waals surface area contributed by atoms with Gasteiger partial charge in [0.1, 0.15) is 0 Å². The Kier molecular flexibility index (Phi) is 7.35. The quantitative estimate of drug-likeness (QED) is 0.733. The SMILES string of the molecule is CC(CCC(=O)O)NC(=O)C(C)Sc1cc(Cl)ccc1Cl. The van der Waals surface area contributed by atoms with Crippen molar-refractivity contribution in [1.82, 2.24) is 5.32 Å². The Labute approximate surface area is 138 Å². The van der Waals surface area contributed by atoms with Crippen molar-refractivity contribution in [3.63, 3.8) is 0 Å². The average molecular weight is 350 g/mol. The van der Waals surface area contributed by atoms with E-state index in [1.807, 2.05) is 0 Å². The lowest BCUT2D eigenvalue weighted by Crippen LogP contribution is -2.37. The van der Waals surface area contributed by atoms with Crippen LogP contribution in [0.5, 0.6) is 0 Å². The fourth-order valence-electron chi connectivity index (χ4n) is 1.58. The maximum Gasteiger partial charge on any atom is 0.303 e. The van der Waals surface area contributed by atoms with Crippen molar-refractivity contribution in [1.29, 1.82) is 0 Å². The molecule has 0 aliphatic carbocycles. The largest absolute Gasteiger partial charge is 0.481 e. The standard InChI is InChI=1S/C14H17Cl2NO3S/c1-8(3-6-13(18)19)17-14(20)9(2)21-12-7-10(15)4-5-11(12)16/h4-5,7-9H,3,6H2,1-2H3,(H,17,20)(H,18,19). The summed E-state index contributed by atoms with van der Waals surface area (Å²) in [5, 5.41) is 12.2. The molecule has 0 radical (unpaired) electrons. The predicted octanol–water partition coefficient (Wildman–Crippen LogP) is 3.84. The van der Waals surface area contributed by atoms with Gasteiger partial charge in [-0.3, -0.25) is 9.59 Å². The number of hydrogen-bond donors (Lipinski definition) is 2. The summed E-state index contributed by atoms with van der Waals surface area (Å²) in [6, 6.07) is 4.90. The van der Waals surface area contributed by atoms with Gasteiger partial charge < -0.3 is 10.4 Å². The molecule has 21 heavy (non-hydrogen) atoms. The number of hydrogen-bond acceptors (Lipinski definition) is 3. The Morgan fingerprint density at radius 3 is 2.62 bits per heavy atom. The van der Waals surface area contributed by atoms with Crippen molar-refractivity contribution in [2.24, 2.45) is 0 Å². The van der Waals surface area contributed by atoms with Crippen LogP contribution in [0.25, 0.3) is 0 Å². The summed E-state index contributed by atoms with van der Waals surface area (Å²) in [4.78, 5) is 23.3. The lowest BCUT2D eigenvalue weighted by atomic mass is 10.2. The van der Waals surface area contributed by atoms with Crippen LogP contribution in [0.4, 0.5) is 0 Å². The molecule has 0 saturated heterocycles. The molecular formula is C14H17Cl2NO3S. The van der Waals surface area contributed by atoms with Gasteiger partial charge in [0.15, 0.2) is 0 Å². The van der Waals surface area contributed by atoms with Gasteiger partial charge in [0, 0.05) is 22.4 Å². The lowest BCUT2D eigenvalue weighted by Gasteiger charge is -2.17. The van der Waals surface area contributed by atoms with Gasteiger partial charge in [-0.15, -0.1) is 11.8 Å². The van der Waals surface area contributed by atoms with Gasteiger partial charge in [-0.1, -0.05) is 23.2 Å². The van der Waals surface area contributed by atoms with Crippen molar-refractivity contribution < 1.29 is 14.7 Å². The van der Waals surface area contributed by atoms with Crippen LogP contribution in [0, 0.1) is 0 Å². The number of rotatable bonds is 7. The lowest BCUT2D eigenvalue weighted by molar-refractivity contribution is -0.137. The highest BCUT2D eigenvalue weighted by atomic mass is 35.5. The molecule has 116 valence electrons. The van der Waals surface area contributed by atoms with Gasteiger partial charge in [0.25, 0.3) is 0 Å². The summed E-state index contributed by atoms with van der Waals surface area (Å²) in [7, 11) is 0. The molecule has 0 aliphatic rings. The van der Waals surface area contributed by atoms with Crippen molar-refractivity contribution in [3.05, 3.63) is 28.2 Å². The van der Waals surface area contributed by atoms with Gasteiger partial charge in [0.2, 0.25) is 5.91 Å². The Hall–Kier alpha value is -0.910. The first kappa shape index (κ1) is 18.1. The molecule has 1 aromatic carbocycles. The van der Waals surface area contributed by atoms with Crippen LogP contribution >= 0.6 is 35.0 Å². The molecule has 4 nitrogen and oxygen atoms in total. The third-order valence-electron chi connectivity index (χ3n) is 2.75. The fraction of sp³-hybridized carbons (Fsp3) is 0.429. The molecule has 0 heterocycles. The zero-order valence-electron chi connectivity index (χ0n) is 11.7. The smallest absolute Gasteiger partial charge is 0.303 e. The Balaban J connectivity index is 2.54. The minimum absolute atomic E-state index is 0.0308. The third-order valence-corrected chi connectivity index (χ3v) is 4.58. The molecule has 0 aliphatic heterocycles. The zero-order chi connectivity index (χ0) is 16.0. The number of benzene rings is 1. The highest BCUT2D eigenvalue weighted by Crippen LogP contribution is 2.32. The van der Waals surface area contributed by atoms with E-state index in [4.69, 9.17) is 28.3 Å². The molecule has 1 rings (SSSR count). The van der Waals surface area contributed by atoms with Crippen LogP contribution in [0.2, 0.25) is 10.0 Å². The first-order valence-electron chi connectivity index (χ1n) is 6.43. The monoisotopic (exact) mass is 349 g/mol. The van der Waals surface area contributed by atoms with Crippen LogP contribution in [-0.2, 0) is 9.59 Å². The maximum absolute atomic E-state index is 12.0.